The topological polar surface area (TPSA) is 58.7 Å². The second kappa shape index (κ2) is 6.54. The first-order chi connectivity index (χ1) is 11.4. The van der Waals surface area contributed by atoms with E-state index in [0.717, 1.165) is 24.2 Å². The van der Waals surface area contributed by atoms with Gasteiger partial charge in [-0.2, -0.15) is 0 Å². The van der Waals surface area contributed by atoms with E-state index in [2.05, 4.69) is 18.7 Å². The molecule has 1 spiro atoms. The summed E-state index contributed by atoms with van der Waals surface area (Å²) < 4.78 is 0. The van der Waals surface area contributed by atoms with Crippen LogP contribution < -0.4 is 0 Å². The lowest BCUT2D eigenvalue weighted by Gasteiger charge is -2.38. The van der Waals surface area contributed by atoms with E-state index in [1.807, 2.05) is 6.92 Å². The van der Waals surface area contributed by atoms with Gasteiger partial charge in [0.25, 0.3) is 5.69 Å². The molecule has 0 bridgehead atoms. The van der Waals surface area contributed by atoms with Crippen LogP contribution in [0.15, 0.2) is 23.2 Å². The summed E-state index contributed by atoms with van der Waals surface area (Å²) in [6.07, 6.45) is 7.40. The molecule has 0 N–H and O–H groups in total. The standard InChI is InChI=1S/C19H27N3O2/c1-14(2)13-21-18(8-11-19(21)9-4-5-10-19)20-17-7-6-16(22(23)24)12-15(17)3/h6-7,12,14H,4-5,8-11,13H2,1-3H3. The highest BCUT2D eigenvalue weighted by atomic mass is 16.6. The number of non-ortho nitro benzene ring substituents is 1. The predicted molar refractivity (Wildman–Crippen MR) is 96.9 cm³/mol. The van der Waals surface area contributed by atoms with Crippen molar-refractivity contribution in [1.29, 1.82) is 0 Å². The minimum atomic E-state index is -0.349. The smallest absolute Gasteiger partial charge is 0.269 e. The number of hydrogen-bond acceptors (Lipinski definition) is 3. The minimum Gasteiger partial charge on any atom is -0.354 e. The predicted octanol–water partition coefficient (Wildman–Crippen LogP) is 5.00. The molecule has 1 aromatic carbocycles. The van der Waals surface area contributed by atoms with E-state index in [0.29, 0.717) is 11.5 Å². The molecule has 2 fully saturated rings. The zero-order valence-corrected chi connectivity index (χ0v) is 14.9. The molecule has 5 nitrogen and oxygen atoms in total. The first kappa shape index (κ1) is 16.9. The van der Waals surface area contributed by atoms with Gasteiger partial charge < -0.3 is 4.90 Å². The second-order valence-electron chi connectivity index (χ2n) is 7.69. The Morgan fingerprint density at radius 1 is 1.29 bits per heavy atom. The SMILES string of the molecule is Cc1cc([N+](=O)[O-])ccc1N=C1CCC2(CCCC2)N1CC(C)C. The number of aryl methyl sites for hydroxylation is 1. The number of likely N-dealkylation sites (tertiary alicyclic amines) is 1. The number of amidine groups is 1. The summed E-state index contributed by atoms with van der Waals surface area (Å²) in [7, 11) is 0. The van der Waals surface area contributed by atoms with E-state index in [-0.39, 0.29) is 10.6 Å². The van der Waals surface area contributed by atoms with Crippen LogP contribution in [0, 0.1) is 23.0 Å². The number of hydrogen-bond donors (Lipinski definition) is 0. The summed E-state index contributed by atoms with van der Waals surface area (Å²) >= 11 is 0. The van der Waals surface area contributed by atoms with E-state index in [1.54, 1.807) is 18.2 Å². The summed E-state index contributed by atoms with van der Waals surface area (Å²) in [6.45, 7) is 7.47. The van der Waals surface area contributed by atoms with Crippen molar-refractivity contribution in [2.45, 2.75) is 64.8 Å². The molecule has 0 amide bonds. The lowest BCUT2D eigenvalue weighted by molar-refractivity contribution is -0.384. The molecular formula is C19H27N3O2. The molecule has 1 heterocycles. The highest BCUT2D eigenvalue weighted by Crippen LogP contribution is 2.45. The Kier molecular flexibility index (Phi) is 4.61. The molecule has 5 heteroatoms. The lowest BCUT2D eigenvalue weighted by atomic mass is 9.93. The van der Waals surface area contributed by atoms with Gasteiger partial charge in [0.05, 0.1) is 10.6 Å². The van der Waals surface area contributed by atoms with E-state index in [4.69, 9.17) is 4.99 Å². The van der Waals surface area contributed by atoms with Crippen LogP contribution in [0.2, 0.25) is 0 Å². The molecular weight excluding hydrogens is 302 g/mol. The maximum absolute atomic E-state index is 10.9. The molecule has 0 radical (unpaired) electrons. The van der Waals surface area contributed by atoms with Crippen molar-refractivity contribution in [2.24, 2.45) is 10.9 Å². The van der Waals surface area contributed by atoms with Crippen molar-refractivity contribution in [3.8, 4) is 0 Å². The quantitative estimate of drug-likeness (QED) is 0.577. The molecule has 1 saturated carbocycles. The molecule has 1 aliphatic heterocycles. The van der Waals surface area contributed by atoms with Crippen LogP contribution in [0.5, 0.6) is 0 Å². The zero-order valence-electron chi connectivity index (χ0n) is 14.9. The van der Waals surface area contributed by atoms with Crippen molar-refractivity contribution in [2.75, 3.05) is 6.54 Å². The molecule has 1 aromatic rings. The summed E-state index contributed by atoms with van der Waals surface area (Å²) in [5.74, 6) is 1.77. The molecule has 0 unspecified atom stereocenters. The summed E-state index contributed by atoms with van der Waals surface area (Å²) in [5, 5.41) is 10.9. The fraction of sp³-hybridized carbons (Fsp3) is 0.632. The molecule has 130 valence electrons. The van der Waals surface area contributed by atoms with Gasteiger partial charge in [-0.25, -0.2) is 4.99 Å². The van der Waals surface area contributed by atoms with Crippen LogP contribution in [-0.4, -0.2) is 27.7 Å². The van der Waals surface area contributed by atoms with Gasteiger partial charge in [0.2, 0.25) is 0 Å². The average molecular weight is 329 g/mol. The van der Waals surface area contributed by atoms with Gasteiger partial charge in [-0.05, 0) is 43.7 Å². The summed E-state index contributed by atoms with van der Waals surface area (Å²) in [6, 6.07) is 4.96. The van der Waals surface area contributed by atoms with Crippen molar-refractivity contribution < 1.29 is 4.92 Å². The number of benzene rings is 1. The van der Waals surface area contributed by atoms with Gasteiger partial charge in [-0.15, -0.1) is 0 Å². The normalized spacial score (nSPS) is 21.3. The first-order valence-corrected chi connectivity index (χ1v) is 9.01. The van der Waals surface area contributed by atoms with E-state index in [9.17, 15) is 10.1 Å². The third kappa shape index (κ3) is 3.17. The van der Waals surface area contributed by atoms with Crippen LogP contribution in [0.4, 0.5) is 11.4 Å². The monoisotopic (exact) mass is 329 g/mol. The Hall–Kier alpha value is -1.91. The Bertz CT molecular complexity index is 661. The fourth-order valence-electron chi connectivity index (χ4n) is 4.24. The Morgan fingerprint density at radius 2 is 2.00 bits per heavy atom. The maximum atomic E-state index is 10.9. The molecule has 3 rings (SSSR count). The number of nitro groups is 1. The number of aliphatic imine (C=N–C) groups is 1. The molecule has 1 aliphatic carbocycles. The van der Waals surface area contributed by atoms with Gasteiger partial charge in [0, 0.05) is 30.6 Å². The number of nitrogens with zero attached hydrogens (tertiary/aromatic N) is 3. The van der Waals surface area contributed by atoms with Crippen LogP contribution in [0.25, 0.3) is 0 Å². The largest absolute Gasteiger partial charge is 0.354 e. The molecule has 0 aromatic heterocycles. The van der Waals surface area contributed by atoms with Crippen molar-refractivity contribution >= 4 is 17.2 Å². The number of rotatable bonds is 4. The average Bonchev–Trinajstić information content (AvgIpc) is 3.11. The molecule has 0 atom stereocenters. The van der Waals surface area contributed by atoms with Crippen molar-refractivity contribution in [3.05, 3.63) is 33.9 Å². The number of nitro benzene ring substituents is 1. The van der Waals surface area contributed by atoms with E-state index < -0.39 is 0 Å². The maximum Gasteiger partial charge on any atom is 0.269 e. The van der Waals surface area contributed by atoms with Crippen molar-refractivity contribution in [3.63, 3.8) is 0 Å². The van der Waals surface area contributed by atoms with Gasteiger partial charge in [0.15, 0.2) is 0 Å². The summed E-state index contributed by atoms with van der Waals surface area (Å²) in [5.41, 5.74) is 2.18. The second-order valence-corrected chi connectivity index (χ2v) is 7.69. The van der Waals surface area contributed by atoms with E-state index >= 15 is 0 Å². The highest BCUT2D eigenvalue weighted by molar-refractivity contribution is 5.88. The lowest BCUT2D eigenvalue weighted by Crippen LogP contribution is -2.45. The van der Waals surface area contributed by atoms with Gasteiger partial charge in [0.1, 0.15) is 5.84 Å². The van der Waals surface area contributed by atoms with E-state index in [1.165, 1.54) is 37.9 Å². The molecule has 24 heavy (non-hydrogen) atoms. The van der Waals surface area contributed by atoms with Gasteiger partial charge in [-0.3, -0.25) is 10.1 Å². The van der Waals surface area contributed by atoms with Crippen LogP contribution in [0.3, 0.4) is 0 Å². The summed E-state index contributed by atoms with van der Waals surface area (Å²) in [4.78, 5) is 18.1. The van der Waals surface area contributed by atoms with Crippen LogP contribution in [0.1, 0.15) is 57.9 Å². The third-order valence-corrected chi connectivity index (χ3v) is 5.42. The first-order valence-electron chi connectivity index (χ1n) is 9.01. The zero-order chi connectivity index (χ0) is 17.3. The van der Waals surface area contributed by atoms with Gasteiger partial charge in [-0.1, -0.05) is 26.7 Å². The van der Waals surface area contributed by atoms with Crippen LogP contribution >= 0.6 is 0 Å². The van der Waals surface area contributed by atoms with Gasteiger partial charge >= 0.3 is 0 Å². The Morgan fingerprint density at radius 3 is 2.58 bits per heavy atom. The Labute approximate surface area is 143 Å². The molecule has 2 aliphatic rings. The fourth-order valence-corrected chi connectivity index (χ4v) is 4.24. The highest BCUT2D eigenvalue weighted by Gasteiger charge is 2.45. The molecule has 1 saturated heterocycles. The van der Waals surface area contributed by atoms with Crippen LogP contribution in [-0.2, 0) is 0 Å². The van der Waals surface area contributed by atoms with Crippen molar-refractivity contribution in [1.82, 2.24) is 4.90 Å². The minimum absolute atomic E-state index is 0.133. The third-order valence-electron chi connectivity index (χ3n) is 5.42. The Balaban J connectivity index is 1.92.